The summed E-state index contributed by atoms with van der Waals surface area (Å²) in [4.78, 5) is 10.9. The van der Waals surface area contributed by atoms with E-state index >= 15 is 0 Å². The lowest BCUT2D eigenvalue weighted by molar-refractivity contribution is 0.562. The monoisotopic (exact) mass is 159 g/mol. The highest BCUT2D eigenvalue weighted by molar-refractivity contribution is 5.61. The molecule has 0 saturated carbocycles. The highest BCUT2D eigenvalue weighted by Crippen LogP contribution is 2.21. The molecule has 0 unspecified atom stereocenters. The Morgan fingerprint density at radius 2 is 2.17 bits per heavy atom. The summed E-state index contributed by atoms with van der Waals surface area (Å²) >= 11 is 0. The Morgan fingerprint density at radius 3 is 3.00 bits per heavy atom. The lowest BCUT2D eigenvalue weighted by Crippen LogP contribution is -1.99. The van der Waals surface area contributed by atoms with Gasteiger partial charge in [0.25, 0.3) is 0 Å². The molecule has 0 N–H and O–H groups in total. The van der Waals surface area contributed by atoms with Crippen molar-refractivity contribution >= 4 is 0 Å². The number of hydrogen-bond acceptors (Lipinski definition) is 2. The Bertz CT molecular complexity index is 428. The standard InChI is InChI=1S/C10H7O2/c1-7-4-5-12-10-6-8(11)2-3-9(7)10/h2-5H,1H3. The van der Waals surface area contributed by atoms with E-state index in [-0.39, 0.29) is 5.43 Å². The van der Waals surface area contributed by atoms with E-state index < -0.39 is 0 Å². The fraction of sp³-hybridized carbons (Fsp3) is 0.100. The van der Waals surface area contributed by atoms with Crippen LogP contribution in [0.15, 0.2) is 33.7 Å². The first-order valence-corrected chi connectivity index (χ1v) is 3.68. The summed E-state index contributed by atoms with van der Waals surface area (Å²) < 4.78 is 5.12. The second-order valence-corrected chi connectivity index (χ2v) is 2.67. The van der Waals surface area contributed by atoms with Crippen LogP contribution in [0.1, 0.15) is 5.56 Å². The molecule has 0 aromatic heterocycles. The molecule has 1 aliphatic carbocycles. The van der Waals surface area contributed by atoms with Crippen molar-refractivity contribution in [2.75, 3.05) is 0 Å². The summed E-state index contributed by atoms with van der Waals surface area (Å²) in [6.45, 7) is 1.97. The van der Waals surface area contributed by atoms with Crippen LogP contribution in [-0.2, 0) is 0 Å². The predicted molar refractivity (Wildman–Crippen MR) is 45.2 cm³/mol. The van der Waals surface area contributed by atoms with Crippen LogP contribution >= 0.6 is 0 Å². The topological polar surface area (TPSA) is 30.2 Å². The number of aryl methyl sites for hydroxylation is 1. The first kappa shape index (κ1) is 7.10. The van der Waals surface area contributed by atoms with Crippen LogP contribution in [0.2, 0.25) is 0 Å². The second kappa shape index (κ2) is 2.48. The van der Waals surface area contributed by atoms with Crippen molar-refractivity contribution in [3.63, 3.8) is 0 Å². The fourth-order valence-corrected chi connectivity index (χ4v) is 1.15. The molecule has 0 spiro atoms. The van der Waals surface area contributed by atoms with Gasteiger partial charge >= 0.3 is 0 Å². The van der Waals surface area contributed by atoms with E-state index in [1.165, 1.54) is 6.07 Å². The quantitative estimate of drug-likeness (QED) is 0.587. The maximum absolute atomic E-state index is 10.9. The highest BCUT2D eigenvalue weighted by atomic mass is 16.3. The Morgan fingerprint density at radius 1 is 1.33 bits per heavy atom. The molecule has 0 saturated heterocycles. The number of benzene rings is 1. The Labute approximate surface area is 69.8 Å². The molecule has 0 bridgehead atoms. The van der Waals surface area contributed by atoms with Crippen LogP contribution in [0, 0.1) is 13.0 Å². The van der Waals surface area contributed by atoms with E-state index in [4.69, 9.17) is 4.42 Å². The minimum absolute atomic E-state index is 0.142. The van der Waals surface area contributed by atoms with Crippen molar-refractivity contribution in [3.05, 3.63) is 46.3 Å². The average Bonchev–Trinajstić information content (AvgIpc) is 2.04. The van der Waals surface area contributed by atoms with Gasteiger partial charge in [0, 0.05) is 5.56 Å². The van der Waals surface area contributed by atoms with E-state index in [0.717, 1.165) is 11.1 Å². The average molecular weight is 159 g/mol. The largest absolute Gasteiger partial charge is 0.464 e. The van der Waals surface area contributed by atoms with E-state index in [2.05, 4.69) is 6.07 Å². The molecule has 2 aliphatic rings. The Balaban J connectivity index is 2.86. The van der Waals surface area contributed by atoms with E-state index in [1.54, 1.807) is 12.3 Å². The van der Waals surface area contributed by atoms with Crippen molar-refractivity contribution < 1.29 is 4.42 Å². The van der Waals surface area contributed by atoms with Crippen molar-refractivity contribution in [3.8, 4) is 11.3 Å². The second-order valence-electron chi connectivity index (χ2n) is 2.67. The summed E-state index contributed by atoms with van der Waals surface area (Å²) in [6, 6.07) is 7.72. The lowest BCUT2D eigenvalue weighted by Gasteiger charge is -2.04. The zero-order valence-electron chi connectivity index (χ0n) is 6.63. The third kappa shape index (κ3) is 1.01. The molecule has 2 heteroatoms. The third-order valence-corrected chi connectivity index (χ3v) is 1.81. The molecule has 59 valence electrons. The van der Waals surface area contributed by atoms with Gasteiger partial charge < -0.3 is 4.42 Å². The van der Waals surface area contributed by atoms with Crippen molar-refractivity contribution in [1.82, 2.24) is 0 Å². The first-order valence-electron chi connectivity index (χ1n) is 3.68. The number of rotatable bonds is 0. The molecule has 2 rings (SSSR count). The van der Waals surface area contributed by atoms with Crippen LogP contribution in [-0.4, -0.2) is 0 Å². The number of hydrogen-bond donors (Lipinski definition) is 0. The molecular weight excluding hydrogens is 152 g/mol. The Kier molecular flexibility index (Phi) is 1.47. The van der Waals surface area contributed by atoms with Crippen molar-refractivity contribution in [2.24, 2.45) is 0 Å². The molecule has 1 radical (unpaired) electrons. The molecule has 12 heavy (non-hydrogen) atoms. The minimum Gasteiger partial charge on any atom is -0.464 e. The van der Waals surface area contributed by atoms with Crippen molar-refractivity contribution in [2.45, 2.75) is 6.92 Å². The van der Waals surface area contributed by atoms with Gasteiger partial charge in [-0.1, -0.05) is 0 Å². The van der Waals surface area contributed by atoms with Gasteiger partial charge in [-0.2, -0.15) is 0 Å². The van der Waals surface area contributed by atoms with Gasteiger partial charge in [0.05, 0.1) is 12.3 Å². The summed E-state index contributed by atoms with van der Waals surface area (Å²) in [5.74, 6) is 0.530. The highest BCUT2D eigenvalue weighted by Gasteiger charge is 2.05. The minimum atomic E-state index is -0.142. The van der Waals surface area contributed by atoms with Crippen LogP contribution in [0.5, 0.6) is 0 Å². The van der Waals surface area contributed by atoms with Gasteiger partial charge in [0.2, 0.25) is 0 Å². The van der Waals surface area contributed by atoms with Gasteiger partial charge in [0.15, 0.2) is 5.43 Å². The van der Waals surface area contributed by atoms with Gasteiger partial charge in [-0.25, -0.2) is 0 Å². The zero-order chi connectivity index (χ0) is 8.55. The van der Waals surface area contributed by atoms with Gasteiger partial charge in [-0.15, -0.1) is 0 Å². The normalized spacial score (nSPS) is 10.4. The molecule has 0 aromatic carbocycles. The van der Waals surface area contributed by atoms with Gasteiger partial charge in [-0.3, -0.25) is 4.79 Å². The maximum atomic E-state index is 10.9. The SMILES string of the molecule is Cc1ccoc2[c]c(=O)ccc1-2. The Hall–Kier alpha value is -1.57. The van der Waals surface area contributed by atoms with Crippen LogP contribution in [0.4, 0.5) is 0 Å². The smallest absolute Gasteiger partial charge is 0.190 e. The molecule has 2 nitrogen and oxygen atoms in total. The molecule has 1 heterocycles. The molecule has 0 amide bonds. The molecule has 0 atom stereocenters. The molecule has 0 fully saturated rings. The van der Waals surface area contributed by atoms with Crippen LogP contribution in [0.25, 0.3) is 11.3 Å². The third-order valence-electron chi connectivity index (χ3n) is 1.81. The summed E-state index contributed by atoms with van der Waals surface area (Å²) in [7, 11) is 0. The van der Waals surface area contributed by atoms with Crippen LogP contribution < -0.4 is 5.43 Å². The maximum Gasteiger partial charge on any atom is 0.190 e. The molecule has 0 aromatic rings. The fourth-order valence-electron chi connectivity index (χ4n) is 1.15. The van der Waals surface area contributed by atoms with Crippen molar-refractivity contribution in [1.29, 1.82) is 0 Å². The van der Waals surface area contributed by atoms with Crippen LogP contribution in [0.3, 0.4) is 0 Å². The number of fused-ring (bicyclic) bond motifs is 1. The molecular formula is C10H7O2. The first-order chi connectivity index (χ1) is 5.77. The van der Waals surface area contributed by atoms with Gasteiger partial charge in [0.1, 0.15) is 5.76 Å². The zero-order valence-corrected chi connectivity index (χ0v) is 6.63. The summed E-state index contributed by atoms with van der Waals surface area (Å²) in [6.07, 6.45) is 1.56. The van der Waals surface area contributed by atoms with E-state index in [0.29, 0.717) is 5.76 Å². The lowest BCUT2D eigenvalue weighted by atomic mass is 10.1. The van der Waals surface area contributed by atoms with E-state index in [9.17, 15) is 4.79 Å². The predicted octanol–water partition coefficient (Wildman–Crippen LogP) is 1.85. The molecule has 1 aliphatic heterocycles. The summed E-state index contributed by atoms with van der Waals surface area (Å²) in [5.41, 5.74) is 1.89. The summed E-state index contributed by atoms with van der Waals surface area (Å²) in [5, 5.41) is 0. The van der Waals surface area contributed by atoms with E-state index in [1.807, 2.05) is 13.0 Å². The van der Waals surface area contributed by atoms with Gasteiger partial charge in [-0.05, 0) is 30.7 Å².